The average molecular weight is 417 g/mol. The lowest BCUT2D eigenvalue weighted by Gasteiger charge is -2.06. The van der Waals surface area contributed by atoms with Gasteiger partial charge in [0.25, 0.3) is 5.91 Å². The second-order valence-electron chi connectivity index (χ2n) is 6.20. The summed E-state index contributed by atoms with van der Waals surface area (Å²) < 4.78 is 13.8. The Labute approximate surface area is 173 Å². The van der Waals surface area contributed by atoms with Crippen molar-refractivity contribution in [1.82, 2.24) is 4.57 Å². The number of fused-ring (bicyclic) bond motifs is 1. The molecule has 0 fully saturated rings. The van der Waals surface area contributed by atoms with E-state index in [1.807, 2.05) is 0 Å². The molecule has 0 spiro atoms. The van der Waals surface area contributed by atoms with E-state index in [1.165, 1.54) is 5.56 Å². The molecule has 0 saturated heterocycles. The van der Waals surface area contributed by atoms with Gasteiger partial charge in [0.05, 0.1) is 24.4 Å². The number of hydrogen-bond acceptors (Lipinski definition) is 5. The largest absolute Gasteiger partial charge is 0.497 e. The number of amides is 1. The van der Waals surface area contributed by atoms with Crippen LogP contribution in [0, 0.1) is 0 Å². The number of aryl methyl sites for hydroxylation is 2. The zero-order valence-electron chi connectivity index (χ0n) is 16.5. The van der Waals surface area contributed by atoms with E-state index in [2.05, 4.69) is 40.9 Å². The van der Waals surface area contributed by atoms with Crippen LogP contribution in [-0.4, -0.2) is 36.7 Å². The number of thiazole rings is 1. The highest BCUT2D eigenvalue weighted by Crippen LogP contribution is 2.24. The fourth-order valence-corrected chi connectivity index (χ4v) is 4.39. The molecule has 2 aromatic carbocycles. The molecular weight excluding hydrogens is 392 g/mol. The minimum absolute atomic E-state index is 0.308. The summed E-state index contributed by atoms with van der Waals surface area (Å²) >= 11 is 3.32. The van der Waals surface area contributed by atoms with Gasteiger partial charge in [-0.3, -0.25) is 4.79 Å². The van der Waals surface area contributed by atoms with Crippen LogP contribution in [0.5, 0.6) is 11.5 Å². The van der Waals surface area contributed by atoms with Crippen LogP contribution in [0.3, 0.4) is 0 Å². The second kappa shape index (κ2) is 9.30. The Kier molecular flexibility index (Phi) is 6.80. The van der Waals surface area contributed by atoms with E-state index in [9.17, 15) is 4.79 Å². The first kappa shape index (κ1) is 20.5. The smallest absolute Gasteiger partial charge is 0.279 e. The molecule has 0 saturated carbocycles. The summed E-state index contributed by atoms with van der Waals surface area (Å²) in [6, 6.07) is 11.6. The lowest BCUT2D eigenvalue weighted by atomic mass is 10.2. The molecule has 28 heavy (non-hydrogen) atoms. The minimum atomic E-state index is -0.308. The Hall–Kier alpha value is -2.25. The van der Waals surface area contributed by atoms with Crippen LogP contribution < -0.4 is 14.3 Å². The molecule has 0 unspecified atom stereocenters. The van der Waals surface area contributed by atoms with E-state index < -0.39 is 0 Å². The van der Waals surface area contributed by atoms with Crippen molar-refractivity contribution in [2.45, 2.75) is 19.9 Å². The van der Waals surface area contributed by atoms with E-state index >= 15 is 0 Å². The van der Waals surface area contributed by atoms with Crippen molar-refractivity contribution in [3.8, 4) is 11.5 Å². The third-order valence-corrected chi connectivity index (χ3v) is 6.10. The van der Waals surface area contributed by atoms with Gasteiger partial charge in [0, 0.05) is 23.9 Å². The molecule has 1 aromatic heterocycles. The molecule has 148 valence electrons. The monoisotopic (exact) mass is 416 g/mol. The van der Waals surface area contributed by atoms with Crippen molar-refractivity contribution < 1.29 is 14.3 Å². The van der Waals surface area contributed by atoms with Crippen molar-refractivity contribution in [3.63, 3.8) is 0 Å². The van der Waals surface area contributed by atoms with Crippen LogP contribution in [-0.2, 0) is 13.0 Å². The zero-order valence-corrected chi connectivity index (χ0v) is 18.2. The third kappa shape index (κ3) is 4.42. The highest BCUT2D eigenvalue weighted by molar-refractivity contribution is 7.98. The predicted molar refractivity (Wildman–Crippen MR) is 117 cm³/mol. The molecule has 1 amide bonds. The van der Waals surface area contributed by atoms with Gasteiger partial charge in [-0.05, 0) is 42.5 Å². The lowest BCUT2D eigenvalue weighted by Crippen LogP contribution is -2.18. The number of methoxy groups -OCH3 is 2. The highest BCUT2D eigenvalue weighted by atomic mass is 32.2. The molecule has 3 rings (SSSR count). The number of ether oxygens (including phenoxy) is 2. The molecule has 0 atom stereocenters. The highest BCUT2D eigenvalue weighted by Gasteiger charge is 2.12. The summed E-state index contributed by atoms with van der Waals surface area (Å²) in [5, 5.41) is 0. The van der Waals surface area contributed by atoms with Crippen LogP contribution in [0.15, 0.2) is 41.4 Å². The third-order valence-electron chi connectivity index (χ3n) is 4.47. The van der Waals surface area contributed by atoms with Crippen LogP contribution in [0.1, 0.15) is 22.8 Å². The van der Waals surface area contributed by atoms with Crippen molar-refractivity contribution in [2.75, 3.05) is 26.2 Å². The van der Waals surface area contributed by atoms with Crippen LogP contribution in [0.2, 0.25) is 0 Å². The topological polar surface area (TPSA) is 52.8 Å². The first-order valence-electron chi connectivity index (χ1n) is 9.03. The summed E-state index contributed by atoms with van der Waals surface area (Å²) in [6.45, 7) is 2.95. The van der Waals surface area contributed by atoms with Gasteiger partial charge in [0.2, 0.25) is 0 Å². The number of nitrogens with zero attached hydrogens (tertiary/aromatic N) is 2. The van der Waals surface area contributed by atoms with Gasteiger partial charge in [-0.1, -0.05) is 24.3 Å². The molecule has 3 aromatic rings. The van der Waals surface area contributed by atoms with Gasteiger partial charge in [-0.2, -0.15) is 16.8 Å². The summed E-state index contributed by atoms with van der Waals surface area (Å²) in [5.41, 5.74) is 2.84. The van der Waals surface area contributed by atoms with Gasteiger partial charge in [-0.15, -0.1) is 0 Å². The fourth-order valence-electron chi connectivity index (χ4n) is 2.90. The van der Waals surface area contributed by atoms with E-state index in [0.29, 0.717) is 21.9 Å². The van der Waals surface area contributed by atoms with Crippen LogP contribution in [0.4, 0.5) is 0 Å². The Balaban J connectivity index is 2.10. The Morgan fingerprint density at radius 2 is 1.86 bits per heavy atom. The van der Waals surface area contributed by atoms with E-state index in [0.717, 1.165) is 28.9 Å². The van der Waals surface area contributed by atoms with Crippen molar-refractivity contribution >= 4 is 39.2 Å². The van der Waals surface area contributed by atoms with Gasteiger partial charge in [-0.25, -0.2) is 0 Å². The number of hydrogen-bond donors (Lipinski definition) is 0. The summed E-state index contributed by atoms with van der Waals surface area (Å²) in [5.74, 6) is 1.78. The average Bonchev–Trinajstić information content (AvgIpc) is 3.07. The SMILES string of the molecule is CCc1ccc2c(c1)sc(=NC(=O)c1cc(OC)cc(OC)c1)n2CCSC. The first-order chi connectivity index (χ1) is 13.6. The van der Waals surface area contributed by atoms with E-state index in [4.69, 9.17) is 9.47 Å². The van der Waals surface area contributed by atoms with E-state index in [1.54, 1.807) is 55.5 Å². The molecule has 5 nitrogen and oxygen atoms in total. The Morgan fingerprint density at radius 3 is 2.46 bits per heavy atom. The summed E-state index contributed by atoms with van der Waals surface area (Å²) in [4.78, 5) is 18.0. The molecule has 7 heteroatoms. The number of carbonyl (C=O) groups excluding carboxylic acids is 1. The molecule has 0 N–H and O–H groups in total. The van der Waals surface area contributed by atoms with Gasteiger partial charge < -0.3 is 14.0 Å². The summed E-state index contributed by atoms with van der Waals surface area (Å²) in [6.07, 6.45) is 3.06. The van der Waals surface area contributed by atoms with Crippen molar-refractivity contribution in [3.05, 3.63) is 52.3 Å². The van der Waals surface area contributed by atoms with Crippen molar-refractivity contribution in [1.29, 1.82) is 0 Å². The number of thioether (sulfide) groups is 1. The maximum atomic E-state index is 12.9. The van der Waals surface area contributed by atoms with Crippen LogP contribution >= 0.6 is 23.1 Å². The molecule has 0 radical (unpaired) electrons. The quantitative estimate of drug-likeness (QED) is 0.573. The van der Waals surface area contributed by atoms with Gasteiger partial charge >= 0.3 is 0 Å². The fraction of sp³-hybridized carbons (Fsp3) is 0.333. The molecule has 0 aliphatic heterocycles. The number of rotatable bonds is 7. The van der Waals surface area contributed by atoms with Gasteiger partial charge in [0.15, 0.2) is 4.80 Å². The maximum absolute atomic E-state index is 12.9. The molecule has 1 heterocycles. The predicted octanol–water partition coefficient (Wildman–Crippen LogP) is 4.39. The number of benzene rings is 2. The van der Waals surface area contributed by atoms with Gasteiger partial charge in [0.1, 0.15) is 11.5 Å². The molecule has 0 aliphatic rings. The summed E-state index contributed by atoms with van der Waals surface area (Å²) in [7, 11) is 3.13. The normalized spacial score (nSPS) is 11.8. The lowest BCUT2D eigenvalue weighted by molar-refractivity contribution is 0.0997. The maximum Gasteiger partial charge on any atom is 0.279 e. The standard InChI is InChI=1S/C21H24N2O3S2/c1-5-14-6-7-18-19(10-14)28-21(23(18)8-9-27-4)22-20(24)15-11-16(25-2)13-17(12-15)26-3/h6-7,10-13H,5,8-9H2,1-4H3. The second-order valence-corrected chi connectivity index (χ2v) is 8.20. The molecule has 0 aliphatic carbocycles. The number of aromatic nitrogens is 1. The van der Waals surface area contributed by atoms with E-state index in [-0.39, 0.29) is 5.91 Å². The Morgan fingerprint density at radius 1 is 1.14 bits per heavy atom. The van der Waals surface area contributed by atoms with Crippen LogP contribution in [0.25, 0.3) is 10.2 Å². The zero-order chi connectivity index (χ0) is 20.1. The minimum Gasteiger partial charge on any atom is -0.497 e. The van der Waals surface area contributed by atoms with Crippen molar-refractivity contribution in [2.24, 2.45) is 4.99 Å². The molecular formula is C21H24N2O3S2. The Bertz CT molecular complexity index is 1030. The first-order valence-corrected chi connectivity index (χ1v) is 11.2. The molecule has 0 bridgehead atoms. The number of carbonyl (C=O) groups is 1.